The molecule has 7 heteroatoms. The van der Waals surface area contributed by atoms with Gasteiger partial charge in [0.2, 0.25) is 0 Å². The number of para-hydroxylation sites is 1. The fraction of sp³-hybridized carbons (Fsp3) is 0.0625. The number of rotatable bonds is 5. The molecule has 2 rings (SSSR count). The predicted molar refractivity (Wildman–Crippen MR) is 84.7 cm³/mol. The van der Waals surface area contributed by atoms with Gasteiger partial charge in [0.1, 0.15) is 0 Å². The van der Waals surface area contributed by atoms with Crippen LogP contribution >= 0.6 is 0 Å². The summed E-state index contributed by atoms with van der Waals surface area (Å²) in [4.78, 5) is 34.8. The van der Waals surface area contributed by atoms with Gasteiger partial charge in [0.15, 0.2) is 6.61 Å². The second-order valence-electron chi connectivity index (χ2n) is 4.66. The second-order valence-corrected chi connectivity index (χ2v) is 4.66. The molecule has 0 atom stereocenters. The molecular weight excluding hydrogens is 298 g/mol. The first-order valence-electron chi connectivity index (χ1n) is 6.68. The van der Waals surface area contributed by atoms with Crippen molar-refractivity contribution in [1.82, 2.24) is 0 Å². The molecule has 0 fully saturated rings. The molecule has 23 heavy (non-hydrogen) atoms. The largest absolute Gasteiger partial charge is 0.452 e. The first kappa shape index (κ1) is 16.0. The zero-order valence-corrected chi connectivity index (χ0v) is 12.1. The van der Waals surface area contributed by atoms with E-state index >= 15 is 0 Å². The van der Waals surface area contributed by atoms with Crippen LogP contribution in [0.25, 0.3) is 0 Å². The highest BCUT2D eigenvalue weighted by molar-refractivity contribution is 6.03. The summed E-state index contributed by atoms with van der Waals surface area (Å²) in [6, 6.07) is 12.4. The van der Waals surface area contributed by atoms with Gasteiger partial charge in [-0.25, -0.2) is 4.79 Å². The molecule has 2 aromatic carbocycles. The number of hydrogen-bond acceptors (Lipinski definition) is 5. The Labute approximate surface area is 132 Å². The number of hydrogen-bond donors (Lipinski definition) is 3. The van der Waals surface area contributed by atoms with E-state index in [4.69, 9.17) is 16.2 Å². The Hall–Kier alpha value is -3.35. The number of nitrogens with two attached hydrogens (primary N) is 2. The number of carbonyl (C=O) groups excluding carboxylic acids is 3. The molecule has 0 saturated carbocycles. The van der Waals surface area contributed by atoms with Gasteiger partial charge >= 0.3 is 5.97 Å². The Bertz CT molecular complexity index is 741. The Morgan fingerprint density at radius 1 is 1.00 bits per heavy atom. The highest BCUT2D eigenvalue weighted by Gasteiger charge is 2.13. The third kappa shape index (κ3) is 4.31. The molecule has 0 heterocycles. The SMILES string of the molecule is NC(=O)c1ccccc1NC(=O)COC(=O)c1ccc(N)cc1. The van der Waals surface area contributed by atoms with Crippen molar-refractivity contribution in [1.29, 1.82) is 0 Å². The summed E-state index contributed by atoms with van der Waals surface area (Å²) in [5.74, 6) is -1.90. The van der Waals surface area contributed by atoms with E-state index in [1.807, 2.05) is 0 Å². The minimum absolute atomic E-state index is 0.172. The van der Waals surface area contributed by atoms with Gasteiger partial charge < -0.3 is 21.5 Å². The van der Waals surface area contributed by atoms with Crippen LogP contribution in [-0.4, -0.2) is 24.4 Å². The summed E-state index contributed by atoms with van der Waals surface area (Å²) in [5, 5.41) is 2.47. The fourth-order valence-corrected chi connectivity index (χ4v) is 1.83. The zero-order valence-electron chi connectivity index (χ0n) is 12.1. The topological polar surface area (TPSA) is 125 Å². The van der Waals surface area contributed by atoms with Crippen molar-refractivity contribution >= 4 is 29.2 Å². The zero-order chi connectivity index (χ0) is 16.8. The summed E-state index contributed by atoms with van der Waals surface area (Å²) in [6.07, 6.45) is 0. The van der Waals surface area contributed by atoms with E-state index in [0.29, 0.717) is 5.69 Å². The molecule has 118 valence electrons. The third-order valence-electron chi connectivity index (χ3n) is 2.95. The summed E-state index contributed by atoms with van der Waals surface area (Å²) >= 11 is 0. The molecule has 0 aromatic heterocycles. The van der Waals surface area contributed by atoms with Gasteiger partial charge in [-0.2, -0.15) is 0 Å². The first-order valence-corrected chi connectivity index (χ1v) is 6.68. The van der Waals surface area contributed by atoms with E-state index in [1.54, 1.807) is 24.3 Å². The van der Waals surface area contributed by atoms with Crippen LogP contribution in [0.5, 0.6) is 0 Å². The highest BCUT2D eigenvalue weighted by Crippen LogP contribution is 2.14. The monoisotopic (exact) mass is 313 g/mol. The number of ether oxygens (including phenoxy) is 1. The van der Waals surface area contributed by atoms with Crippen molar-refractivity contribution in [2.45, 2.75) is 0 Å². The maximum absolute atomic E-state index is 11.8. The van der Waals surface area contributed by atoms with Crippen LogP contribution in [0.2, 0.25) is 0 Å². The second kappa shape index (κ2) is 7.08. The molecule has 0 aliphatic rings. The molecule has 7 nitrogen and oxygen atoms in total. The Morgan fingerprint density at radius 2 is 1.65 bits per heavy atom. The van der Waals surface area contributed by atoms with E-state index in [0.717, 1.165) is 0 Å². The van der Waals surface area contributed by atoms with E-state index in [2.05, 4.69) is 5.32 Å². The van der Waals surface area contributed by atoms with Gasteiger partial charge in [0.05, 0.1) is 16.8 Å². The van der Waals surface area contributed by atoms with Gasteiger partial charge in [0, 0.05) is 5.69 Å². The van der Waals surface area contributed by atoms with E-state index in [1.165, 1.54) is 24.3 Å². The third-order valence-corrected chi connectivity index (χ3v) is 2.95. The van der Waals surface area contributed by atoms with Crippen molar-refractivity contribution in [3.05, 3.63) is 59.7 Å². The number of anilines is 2. The van der Waals surface area contributed by atoms with Gasteiger partial charge in [-0.3, -0.25) is 9.59 Å². The van der Waals surface area contributed by atoms with E-state index < -0.39 is 24.4 Å². The normalized spacial score (nSPS) is 9.91. The van der Waals surface area contributed by atoms with Crippen LogP contribution in [-0.2, 0) is 9.53 Å². The molecule has 5 N–H and O–H groups in total. The lowest BCUT2D eigenvalue weighted by Crippen LogP contribution is -2.23. The number of carbonyl (C=O) groups is 3. The number of nitrogens with one attached hydrogen (secondary N) is 1. The van der Waals surface area contributed by atoms with Crippen LogP contribution < -0.4 is 16.8 Å². The molecule has 2 aromatic rings. The maximum Gasteiger partial charge on any atom is 0.338 e. The molecule has 2 amide bonds. The lowest BCUT2D eigenvalue weighted by atomic mass is 10.1. The summed E-state index contributed by atoms with van der Waals surface area (Å²) < 4.78 is 4.89. The van der Waals surface area contributed by atoms with E-state index in [-0.39, 0.29) is 16.8 Å². The smallest absolute Gasteiger partial charge is 0.338 e. The lowest BCUT2D eigenvalue weighted by Gasteiger charge is -2.09. The van der Waals surface area contributed by atoms with Gasteiger partial charge in [0.25, 0.3) is 11.8 Å². The summed E-state index contributed by atoms with van der Waals surface area (Å²) in [5.41, 5.74) is 12.0. The molecule has 0 spiro atoms. The molecule has 0 bridgehead atoms. The Balaban J connectivity index is 1.94. The number of primary amides is 1. The van der Waals surface area contributed by atoms with Crippen LogP contribution in [0.3, 0.4) is 0 Å². The number of nitrogen functional groups attached to an aromatic ring is 1. The first-order chi connectivity index (χ1) is 11.0. The van der Waals surface area contributed by atoms with E-state index in [9.17, 15) is 14.4 Å². The van der Waals surface area contributed by atoms with Crippen molar-refractivity contribution < 1.29 is 19.1 Å². The van der Waals surface area contributed by atoms with Crippen molar-refractivity contribution in [2.75, 3.05) is 17.7 Å². The van der Waals surface area contributed by atoms with Gasteiger partial charge in [-0.15, -0.1) is 0 Å². The van der Waals surface area contributed by atoms with Gasteiger partial charge in [-0.1, -0.05) is 12.1 Å². The van der Waals surface area contributed by atoms with Crippen molar-refractivity contribution in [3.8, 4) is 0 Å². The van der Waals surface area contributed by atoms with Crippen molar-refractivity contribution in [3.63, 3.8) is 0 Å². The quantitative estimate of drug-likeness (QED) is 0.564. The number of benzene rings is 2. The fourth-order valence-electron chi connectivity index (χ4n) is 1.83. The maximum atomic E-state index is 11.8. The Morgan fingerprint density at radius 3 is 2.30 bits per heavy atom. The van der Waals surface area contributed by atoms with Crippen LogP contribution in [0, 0.1) is 0 Å². The molecular formula is C16H15N3O4. The number of amides is 2. The average molecular weight is 313 g/mol. The standard InChI is InChI=1S/C16H15N3O4/c17-11-7-5-10(6-8-11)16(22)23-9-14(20)19-13-4-2-1-3-12(13)15(18)21/h1-8H,9,17H2,(H2,18,21)(H,19,20). The molecule has 0 aliphatic carbocycles. The lowest BCUT2D eigenvalue weighted by molar-refractivity contribution is -0.119. The average Bonchev–Trinajstić information content (AvgIpc) is 2.53. The van der Waals surface area contributed by atoms with Crippen LogP contribution in [0.15, 0.2) is 48.5 Å². The van der Waals surface area contributed by atoms with Crippen molar-refractivity contribution in [2.24, 2.45) is 5.73 Å². The molecule has 0 radical (unpaired) electrons. The minimum atomic E-state index is -0.667. The van der Waals surface area contributed by atoms with Crippen LogP contribution in [0.4, 0.5) is 11.4 Å². The molecule has 0 unspecified atom stereocenters. The molecule has 0 saturated heterocycles. The summed E-state index contributed by atoms with van der Waals surface area (Å²) in [7, 11) is 0. The molecule has 0 aliphatic heterocycles. The summed E-state index contributed by atoms with van der Waals surface area (Å²) in [6.45, 7) is -0.490. The van der Waals surface area contributed by atoms with Crippen LogP contribution in [0.1, 0.15) is 20.7 Å². The number of esters is 1. The highest BCUT2D eigenvalue weighted by atomic mass is 16.5. The Kier molecular flexibility index (Phi) is 4.93. The predicted octanol–water partition coefficient (Wildman–Crippen LogP) is 1.16. The van der Waals surface area contributed by atoms with Gasteiger partial charge in [-0.05, 0) is 36.4 Å². The minimum Gasteiger partial charge on any atom is -0.452 e.